The van der Waals surface area contributed by atoms with Gasteiger partial charge in [0.15, 0.2) is 11.6 Å². The molecule has 1 aromatic carbocycles. The summed E-state index contributed by atoms with van der Waals surface area (Å²) in [6, 6.07) is 1.45. The number of hydrogen-bond acceptors (Lipinski definition) is 4. The Hall–Kier alpha value is -0.860. The normalized spacial score (nSPS) is 22.6. The van der Waals surface area contributed by atoms with Gasteiger partial charge in [0, 0.05) is 17.0 Å². The van der Waals surface area contributed by atoms with Crippen molar-refractivity contribution in [2.45, 2.75) is 42.4 Å². The van der Waals surface area contributed by atoms with E-state index in [1.54, 1.807) is 11.8 Å². The third kappa shape index (κ3) is 3.67. The van der Waals surface area contributed by atoms with Crippen LogP contribution in [0.15, 0.2) is 17.0 Å². The highest BCUT2D eigenvalue weighted by Crippen LogP contribution is 2.31. The van der Waals surface area contributed by atoms with E-state index in [-0.39, 0.29) is 17.0 Å². The molecule has 1 saturated carbocycles. The molecule has 0 spiro atoms. The lowest BCUT2D eigenvalue weighted by molar-refractivity contribution is 0.481. The largest absolute Gasteiger partial charge is 0.399 e. The molecule has 21 heavy (non-hydrogen) atoms. The summed E-state index contributed by atoms with van der Waals surface area (Å²) in [5, 5.41) is 0.166. The number of hydrogen-bond donors (Lipinski definition) is 2. The maximum atomic E-state index is 13.7. The van der Waals surface area contributed by atoms with Crippen LogP contribution in [0, 0.1) is 11.6 Å². The number of sulfonamides is 1. The molecule has 1 fully saturated rings. The monoisotopic (exact) mass is 336 g/mol. The summed E-state index contributed by atoms with van der Waals surface area (Å²) in [6.07, 6.45) is 2.53. The zero-order valence-corrected chi connectivity index (χ0v) is 13.2. The molecule has 8 heteroatoms. The SMILES string of the molecule is CCSC1CCCC1NS(=O)(=O)c1cc(N)cc(F)c1F. The average molecular weight is 336 g/mol. The van der Waals surface area contributed by atoms with Gasteiger partial charge in [-0.2, -0.15) is 11.8 Å². The third-order valence-electron chi connectivity index (χ3n) is 3.45. The van der Waals surface area contributed by atoms with Crippen LogP contribution in [0.25, 0.3) is 0 Å². The number of benzene rings is 1. The zero-order chi connectivity index (χ0) is 15.6. The molecule has 0 heterocycles. The van der Waals surface area contributed by atoms with E-state index >= 15 is 0 Å². The molecule has 0 amide bonds. The van der Waals surface area contributed by atoms with E-state index in [9.17, 15) is 17.2 Å². The summed E-state index contributed by atoms with van der Waals surface area (Å²) >= 11 is 1.67. The number of nitrogens with two attached hydrogens (primary N) is 1. The molecule has 1 aliphatic rings. The molecule has 2 unspecified atom stereocenters. The van der Waals surface area contributed by atoms with Gasteiger partial charge in [-0.25, -0.2) is 21.9 Å². The Morgan fingerprint density at radius 2 is 2.10 bits per heavy atom. The number of nitrogens with one attached hydrogen (secondary N) is 1. The van der Waals surface area contributed by atoms with Crippen LogP contribution in [0.5, 0.6) is 0 Å². The van der Waals surface area contributed by atoms with E-state index < -0.39 is 26.6 Å². The van der Waals surface area contributed by atoms with Crippen molar-refractivity contribution in [2.75, 3.05) is 11.5 Å². The van der Waals surface area contributed by atoms with Crippen molar-refractivity contribution in [3.8, 4) is 0 Å². The first-order valence-corrected chi connectivity index (χ1v) is 9.26. The smallest absolute Gasteiger partial charge is 0.243 e. The van der Waals surface area contributed by atoms with Crippen molar-refractivity contribution in [3.63, 3.8) is 0 Å². The first-order chi connectivity index (χ1) is 9.85. The van der Waals surface area contributed by atoms with Gasteiger partial charge in [0.05, 0.1) is 0 Å². The number of anilines is 1. The quantitative estimate of drug-likeness (QED) is 0.811. The highest BCUT2D eigenvalue weighted by atomic mass is 32.2. The van der Waals surface area contributed by atoms with Gasteiger partial charge in [0.1, 0.15) is 4.90 Å². The van der Waals surface area contributed by atoms with Crippen LogP contribution >= 0.6 is 11.8 Å². The standard InChI is InChI=1S/C13H18F2N2O2S2/c1-2-20-11-5-3-4-10(11)17-21(18,19)12-7-8(16)6-9(14)13(12)15/h6-7,10-11,17H,2-5,16H2,1H3. The van der Waals surface area contributed by atoms with Gasteiger partial charge >= 0.3 is 0 Å². The lowest BCUT2D eigenvalue weighted by Gasteiger charge is -2.20. The van der Waals surface area contributed by atoms with Crippen molar-refractivity contribution in [1.82, 2.24) is 4.72 Å². The average Bonchev–Trinajstić information content (AvgIpc) is 2.81. The Bertz CT molecular complexity index is 623. The topological polar surface area (TPSA) is 72.2 Å². The van der Waals surface area contributed by atoms with Gasteiger partial charge in [0.2, 0.25) is 10.0 Å². The van der Waals surface area contributed by atoms with Crippen LogP contribution < -0.4 is 10.5 Å². The Morgan fingerprint density at radius 1 is 1.38 bits per heavy atom. The maximum Gasteiger partial charge on any atom is 0.243 e. The first-order valence-electron chi connectivity index (χ1n) is 6.73. The predicted octanol–water partition coefficient (Wildman–Crippen LogP) is 2.50. The summed E-state index contributed by atoms with van der Waals surface area (Å²) in [7, 11) is -4.13. The summed E-state index contributed by atoms with van der Waals surface area (Å²) in [4.78, 5) is -0.729. The second-order valence-corrected chi connectivity index (χ2v) is 8.17. The van der Waals surface area contributed by atoms with Crippen LogP contribution in [0.3, 0.4) is 0 Å². The van der Waals surface area contributed by atoms with Crippen molar-refractivity contribution >= 4 is 27.5 Å². The Labute approximate surface area is 127 Å². The Morgan fingerprint density at radius 3 is 2.76 bits per heavy atom. The molecule has 3 N–H and O–H groups in total. The van der Waals surface area contributed by atoms with E-state index in [1.807, 2.05) is 6.92 Å². The number of thioether (sulfide) groups is 1. The number of nitrogen functional groups attached to an aromatic ring is 1. The maximum absolute atomic E-state index is 13.7. The molecule has 118 valence electrons. The van der Waals surface area contributed by atoms with E-state index in [0.717, 1.165) is 30.7 Å². The fourth-order valence-corrected chi connectivity index (χ4v) is 5.23. The van der Waals surface area contributed by atoms with Gasteiger partial charge in [-0.05, 0) is 30.7 Å². The molecule has 0 aromatic heterocycles. The van der Waals surface area contributed by atoms with E-state index in [0.29, 0.717) is 6.42 Å². The molecule has 0 bridgehead atoms. The Kier molecular flexibility index (Phi) is 5.11. The number of rotatable bonds is 5. The highest BCUT2D eigenvalue weighted by molar-refractivity contribution is 8.00. The lowest BCUT2D eigenvalue weighted by Crippen LogP contribution is -2.39. The van der Waals surface area contributed by atoms with Crippen molar-refractivity contribution in [3.05, 3.63) is 23.8 Å². The van der Waals surface area contributed by atoms with Crippen molar-refractivity contribution < 1.29 is 17.2 Å². The zero-order valence-electron chi connectivity index (χ0n) is 11.6. The van der Waals surface area contributed by atoms with Crippen molar-refractivity contribution in [2.24, 2.45) is 0 Å². The summed E-state index contributed by atoms with van der Waals surface area (Å²) < 4.78 is 54.1. The molecule has 1 aromatic rings. The molecule has 4 nitrogen and oxygen atoms in total. The van der Waals surface area contributed by atoms with Gasteiger partial charge < -0.3 is 5.73 Å². The van der Waals surface area contributed by atoms with E-state index in [4.69, 9.17) is 5.73 Å². The third-order valence-corrected chi connectivity index (χ3v) is 6.26. The molecule has 0 radical (unpaired) electrons. The first kappa shape index (κ1) is 16.5. The summed E-state index contributed by atoms with van der Waals surface area (Å²) in [6.45, 7) is 2.00. The van der Waals surface area contributed by atoms with Crippen molar-refractivity contribution in [1.29, 1.82) is 0 Å². The highest BCUT2D eigenvalue weighted by Gasteiger charge is 2.33. The summed E-state index contributed by atoms with van der Waals surface area (Å²) in [5.41, 5.74) is 5.28. The van der Waals surface area contributed by atoms with E-state index in [1.165, 1.54) is 0 Å². The van der Waals surface area contributed by atoms with Crippen LogP contribution in [-0.2, 0) is 10.0 Å². The minimum atomic E-state index is -4.13. The minimum absolute atomic E-state index is 0.125. The fraction of sp³-hybridized carbons (Fsp3) is 0.538. The minimum Gasteiger partial charge on any atom is -0.399 e. The fourth-order valence-electron chi connectivity index (χ4n) is 2.52. The van der Waals surface area contributed by atoms with Crippen LogP contribution in [-0.4, -0.2) is 25.5 Å². The molecular weight excluding hydrogens is 318 g/mol. The second kappa shape index (κ2) is 6.50. The molecule has 2 rings (SSSR count). The molecular formula is C13H18F2N2O2S2. The van der Waals surface area contributed by atoms with Crippen LogP contribution in [0.4, 0.5) is 14.5 Å². The van der Waals surface area contributed by atoms with Gasteiger partial charge in [0.25, 0.3) is 0 Å². The molecule has 0 aliphatic heterocycles. The second-order valence-electron chi connectivity index (χ2n) is 4.97. The van der Waals surface area contributed by atoms with Crippen LogP contribution in [0.1, 0.15) is 26.2 Å². The number of halogens is 2. The summed E-state index contributed by atoms with van der Waals surface area (Å²) in [5.74, 6) is -1.78. The van der Waals surface area contributed by atoms with Gasteiger partial charge in [-0.3, -0.25) is 0 Å². The lowest BCUT2D eigenvalue weighted by atomic mass is 10.3. The Balaban J connectivity index is 2.27. The molecule has 2 atom stereocenters. The predicted molar refractivity (Wildman–Crippen MR) is 80.7 cm³/mol. The van der Waals surface area contributed by atoms with Crippen LogP contribution in [0.2, 0.25) is 0 Å². The van der Waals surface area contributed by atoms with Gasteiger partial charge in [-0.15, -0.1) is 0 Å². The molecule has 1 aliphatic carbocycles. The molecule has 0 saturated heterocycles. The van der Waals surface area contributed by atoms with Gasteiger partial charge in [-0.1, -0.05) is 13.3 Å². The van der Waals surface area contributed by atoms with E-state index in [2.05, 4.69) is 4.72 Å².